The molecule has 0 atom stereocenters. The molecular formula is C19H19Cl2N3O2. The zero-order chi connectivity index (χ0) is 18.9. The molecule has 0 heterocycles. The molecule has 2 aromatic carbocycles. The van der Waals surface area contributed by atoms with Gasteiger partial charge in [0.05, 0.1) is 16.3 Å². The summed E-state index contributed by atoms with van der Waals surface area (Å²) in [5, 5.41) is 7.02. The van der Waals surface area contributed by atoms with Crippen LogP contribution in [0.3, 0.4) is 0 Å². The van der Waals surface area contributed by atoms with Crippen molar-refractivity contribution in [2.45, 2.75) is 26.2 Å². The number of benzene rings is 2. The summed E-state index contributed by atoms with van der Waals surface area (Å²) < 4.78 is 0. The first-order valence-corrected chi connectivity index (χ1v) is 8.94. The van der Waals surface area contributed by atoms with Crippen molar-refractivity contribution in [3.63, 3.8) is 0 Å². The molecule has 2 N–H and O–H groups in total. The lowest BCUT2D eigenvalue weighted by molar-refractivity contribution is -0.136. The monoisotopic (exact) mass is 391 g/mol. The second-order valence-electron chi connectivity index (χ2n) is 5.59. The molecule has 0 aliphatic heterocycles. The number of carbonyl (C=O) groups excluding carboxylic acids is 2. The molecule has 2 amide bonds. The van der Waals surface area contributed by atoms with Crippen molar-refractivity contribution in [3.05, 3.63) is 63.6 Å². The van der Waals surface area contributed by atoms with Crippen molar-refractivity contribution in [1.82, 2.24) is 5.43 Å². The quantitative estimate of drug-likeness (QED) is 0.434. The van der Waals surface area contributed by atoms with Crippen molar-refractivity contribution >= 4 is 46.9 Å². The van der Waals surface area contributed by atoms with E-state index < -0.39 is 11.8 Å². The molecule has 0 aliphatic carbocycles. The highest BCUT2D eigenvalue weighted by molar-refractivity contribution is 6.40. The van der Waals surface area contributed by atoms with Gasteiger partial charge in [-0.3, -0.25) is 9.59 Å². The van der Waals surface area contributed by atoms with Crippen LogP contribution in [0.1, 0.15) is 30.9 Å². The minimum Gasteiger partial charge on any atom is -0.318 e. The molecule has 0 unspecified atom stereocenters. The second-order valence-corrected chi connectivity index (χ2v) is 6.40. The van der Waals surface area contributed by atoms with Crippen LogP contribution in [-0.2, 0) is 16.0 Å². The Morgan fingerprint density at radius 1 is 1.04 bits per heavy atom. The van der Waals surface area contributed by atoms with Gasteiger partial charge in [0, 0.05) is 11.3 Å². The topological polar surface area (TPSA) is 70.6 Å². The van der Waals surface area contributed by atoms with Gasteiger partial charge in [0.15, 0.2) is 0 Å². The number of hydrazone groups is 1. The maximum Gasteiger partial charge on any atom is 0.329 e. The Morgan fingerprint density at radius 3 is 2.31 bits per heavy atom. The number of rotatable bonds is 6. The van der Waals surface area contributed by atoms with E-state index in [2.05, 4.69) is 22.8 Å². The summed E-state index contributed by atoms with van der Waals surface area (Å²) in [4.78, 5) is 23.7. The Morgan fingerprint density at radius 2 is 1.69 bits per heavy atom. The Balaban J connectivity index is 1.89. The van der Waals surface area contributed by atoms with E-state index in [0.29, 0.717) is 21.3 Å². The van der Waals surface area contributed by atoms with Crippen molar-refractivity contribution < 1.29 is 9.59 Å². The molecule has 0 bridgehead atoms. The molecule has 7 heteroatoms. The molecule has 0 saturated carbocycles. The van der Waals surface area contributed by atoms with Crippen molar-refractivity contribution in [3.8, 4) is 0 Å². The van der Waals surface area contributed by atoms with Crippen molar-refractivity contribution in [2.24, 2.45) is 5.10 Å². The smallest absolute Gasteiger partial charge is 0.318 e. The van der Waals surface area contributed by atoms with E-state index in [9.17, 15) is 9.59 Å². The molecule has 26 heavy (non-hydrogen) atoms. The molecule has 0 spiro atoms. The molecule has 5 nitrogen and oxygen atoms in total. The third-order valence-electron chi connectivity index (χ3n) is 3.60. The molecule has 0 fully saturated rings. The zero-order valence-corrected chi connectivity index (χ0v) is 15.8. The van der Waals surface area contributed by atoms with Crippen LogP contribution in [-0.4, -0.2) is 18.0 Å². The largest absolute Gasteiger partial charge is 0.329 e. The van der Waals surface area contributed by atoms with Crippen LogP contribution in [0.4, 0.5) is 5.69 Å². The number of halogens is 2. The first kappa shape index (κ1) is 19.9. The Hall–Kier alpha value is -2.37. The molecule has 0 saturated heterocycles. The van der Waals surface area contributed by atoms with Gasteiger partial charge in [-0.05, 0) is 42.7 Å². The van der Waals surface area contributed by atoms with Gasteiger partial charge in [-0.2, -0.15) is 5.10 Å². The number of nitrogens with zero attached hydrogens (tertiary/aromatic N) is 1. The highest BCUT2D eigenvalue weighted by Crippen LogP contribution is 2.22. The number of amides is 2. The fourth-order valence-corrected chi connectivity index (χ4v) is 2.66. The summed E-state index contributed by atoms with van der Waals surface area (Å²) in [6.45, 7) is 2.13. The van der Waals surface area contributed by atoms with Gasteiger partial charge in [-0.25, -0.2) is 5.43 Å². The van der Waals surface area contributed by atoms with Gasteiger partial charge < -0.3 is 5.32 Å². The first-order chi connectivity index (χ1) is 12.5. The average Bonchev–Trinajstić information content (AvgIpc) is 2.63. The van der Waals surface area contributed by atoms with Crippen LogP contribution in [0.5, 0.6) is 0 Å². The maximum atomic E-state index is 11.9. The van der Waals surface area contributed by atoms with Crippen molar-refractivity contribution in [1.29, 1.82) is 0 Å². The average molecular weight is 392 g/mol. The lowest BCUT2D eigenvalue weighted by atomic mass is 10.1. The second kappa shape index (κ2) is 9.94. The Labute approximate surface area is 162 Å². The Kier molecular flexibility index (Phi) is 7.63. The van der Waals surface area contributed by atoms with Crippen LogP contribution in [0, 0.1) is 0 Å². The minimum absolute atomic E-state index is 0.392. The number of aryl methyl sites for hydroxylation is 1. The zero-order valence-electron chi connectivity index (χ0n) is 14.3. The molecular weight excluding hydrogens is 373 g/mol. The standard InChI is InChI=1S/C19H19Cl2N3O2/c1-2-3-5-13-8-10-14(11-9-13)23-18(25)19(26)24-22-12-15-16(20)6-4-7-17(15)21/h4,6-12H,2-3,5H2,1H3,(H,23,25)(H,24,26)/b22-12+. The fraction of sp³-hybridized carbons (Fsp3) is 0.211. The maximum absolute atomic E-state index is 11.9. The van der Waals surface area contributed by atoms with Gasteiger partial charge in [0.25, 0.3) is 0 Å². The van der Waals surface area contributed by atoms with Gasteiger partial charge in [-0.1, -0.05) is 54.7 Å². The summed E-state index contributed by atoms with van der Waals surface area (Å²) in [6, 6.07) is 12.4. The normalized spacial score (nSPS) is 10.7. The van der Waals surface area contributed by atoms with E-state index >= 15 is 0 Å². The Bertz CT molecular complexity index is 785. The number of hydrogen-bond donors (Lipinski definition) is 2. The summed E-state index contributed by atoms with van der Waals surface area (Å²) in [7, 11) is 0. The SMILES string of the molecule is CCCCc1ccc(NC(=O)C(=O)N/N=C/c2c(Cl)cccc2Cl)cc1. The van der Waals surface area contributed by atoms with Crippen LogP contribution in [0.25, 0.3) is 0 Å². The van der Waals surface area contributed by atoms with E-state index in [4.69, 9.17) is 23.2 Å². The third-order valence-corrected chi connectivity index (χ3v) is 4.26. The van der Waals surface area contributed by atoms with E-state index in [1.807, 2.05) is 12.1 Å². The summed E-state index contributed by atoms with van der Waals surface area (Å²) in [5.74, 6) is -1.70. The van der Waals surface area contributed by atoms with Gasteiger partial charge >= 0.3 is 11.8 Å². The van der Waals surface area contributed by atoms with Crippen LogP contribution in [0.2, 0.25) is 10.0 Å². The molecule has 2 aromatic rings. The summed E-state index contributed by atoms with van der Waals surface area (Å²) in [6.07, 6.45) is 4.52. The number of anilines is 1. The highest BCUT2D eigenvalue weighted by atomic mass is 35.5. The summed E-state index contributed by atoms with van der Waals surface area (Å²) in [5.41, 5.74) is 4.34. The minimum atomic E-state index is -0.889. The van der Waals surface area contributed by atoms with Crippen molar-refractivity contribution in [2.75, 3.05) is 5.32 Å². The number of hydrogen-bond acceptors (Lipinski definition) is 3. The number of unbranched alkanes of at least 4 members (excludes halogenated alkanes) is 1. The van der Waals surface area contributed by atoms with Gasteiger partial charge in [0.1, 0.15) is 0 Å². The first-order valence-electron chi connectivity index (χ1n) is 8.18. The van der Waals surface area contributed by atoms with Gasteiger partial charge in [0.2, 0.25) is 0 Å². The van der Waals surface area contributed by atoms with E-state index in [1.54, 1.807) is 30.3 Å². The van der Waals surface area contributed by atoms with Crippen LogP contribution in [0.15, 0.2) is 47.6 Å². The predicted molar refractivity (Wildman–Crippen MR) is 106 cm³/mol. The lowest BCUT2D eigenvalue weighted by Gasteiger charge is -2.06. The number of nitrogens with one attached hydrogen (secondary N) is 2. The summed E-state index contributed by atoms with van der Waals surface area (Å²) >= 11 is 12.0. The van der Waals surface area contributed by atoms with Gasteiger partial charge in [-0.15, -0.1) is 0 Å². The fourth-order valence-electron chi connectivity index (χ4n) is 2.16. The third kappa shape index (κ3) is 5.86. The molecule has 136 valence electrons. The number of carbonyl (C=O) groups is 2. The van der Waals surface area contributed by atoms with Crippen LogP contribution < -0.4 is 10.7 Å². The molecule has 0 aromatic heterocycles. The molecule has 0 radical (unpaired) electrons. The van der Waals surface area contributed by atoms with E-state index in [1.165, 1.54) is 11.8 Å². The lowest BCUT2D eigenvalue weighted by Crippen LogP contribution is -2.32. The van der Waals surface area contributed by atoms with E-state index in [-0.39, 0.29) is 0 Å². The predicted octanol–water partition coefficient (Wildman–Crippen LogP) is 4.42. The van der Waals surface area contributed by atoms with E-state index in [0.717, 1.165) is 19.3 Å². The highest BCUT2D eigenvalue weighted by Gasteiger charge is 2.13. The molecule has 0 aliphatic rings. The molecule has 2 rings (SSSR count). The van der Waals surface area contributed by atoms with Crippen LogP contribution >= 0.6 is 23.2 Å².